The van der Waals surface area contributed by atoms with Crippen molar-refractivity contribution in [2.45, 2.75) is 39.5 Å². The second kappa shape index (κ2) is 11.6. The van der Waals surface area contributed by atoms with Crippen LogP contribution in [0.25, 0.3) is 0 Å². The van der Waals surface area contributed by atoms with E-state index in [-0.39, 0.29) is 0 Å². The summed E-state index contributed by atoms with van der Waals surface area (Å²) in [4.78, 5) is 0. The van der Waals surface area contributed by atoms with Crippen LogP contribution in [0, 0.1) is 0 Å². The Kier molecular flexibility index (Phi) is 12.9. The summed E-state index contributed by atoms with van der Waals surface area (Å²) in [6.45, 7) is 5.97. The van der Waals surface area contributed by atoms with Gasteiger partial charge in [0.2, 0.25) is 0 Å². The summed E-state index contributed by atoms with van der Waals surface area (Å²) in [6.07, 6.45) is 4.59. The molecule has 78 valence electrons. The minimum atomic E-state index is -2.39. The number of unbranched alkanes of at least 4 members (excludes halogenated alkanes) is 2. The fourth-order valence-corrected chi connectivity index (χ4v) is 6.56. The van der Waals surface area contributed by atoms with E-state index in [0.29, 0.717) is 0 Å². The Labute approximate surface area is 104 Å². The molecule has 0 aromatic heterocycles. The summed E-state index contributed by atoms with van der Waals surface area (Å²) in [5.74, 6) is 0. The predicted octanol–water partition coefficient (Wildman–Crippen LogP) is 1.17. The van der Waals surface area contributed by atoms with Gasteiger partial charge in [0.15, 0.2) is 0 Å². The molecule has 0 rings (SSSR count). The quantitative estimate of drug-likeness (QED) is 0.429. The van der Waals surface area contributed by atoms with Crippen LogP contribution in [-0.4, -0.2) is 57.2 Å². The summed E-state index contributed by atoms with van der Waals surface area (Å²) >= 11 is -1.57. The summed E-state index contributed by atoms with van der Waals surface area (Å²) in [7, 11) is 0. The summed E-state index contributed by atoms with van der Waals surface area (Å²) in [5, 5.41) is 0. The fraction of sp³-hybridized carbons (Fsp3) is 1.00. The molecule has 0 saturated heterocycles. The first-order valence-corrected chi connectivity index (χ1v) is 10.3. The van der Waals surface area contributed by atoms with Gasteiger partial charge in [0.1, 0.15) is 0 Å². The fourth-order valence-electron chi connectivity index (χ4n) is 0.774. The molecular weight excluding hydrogens is 382 g/mol. The van der Waals surface area contributed by atoms with Gasteiger partial charge in [-0.3, -0.25) is 0 Å². The molecule has 0 aliphatic carbocycles. The van der Waals surface area contributed by atoms with Crippen LogP contribution in [0.5, 0.6) is 0 Å². The van der Waals surface area contributed by atoms with E-state index >= 15 is 0 Å². The van der Waals surface area contributed by atoms with E-state index in [1.807, 2.05) is 0 Å². The Morgan fingerprint density at radius 3 is 1.77 bits per heavy atom. The van der Waals surface area contributed by atoms with Crippen LogP contribution in [0.4, 0.5) is 0 Å². The molecule has 0 fully saturated rings. The molecular formula is C8H20O3Sn2. The van der Waals surface area contributed by atoms with Gasteiger partial charge >= 0.3 is 104 Å². The van der Waals surface area contributed by atoms with E-state index in [9.17, 15) is 0 Å². The van der Waals surface area contributed by atoms with Gasteiger partial charge in [-0.25, -0.2) is 0 Å². The summed E-state index contributed by atoms with van der Waals surface area (Å²) < 4.78 is 16.5. The van der Waals surface area contributed by atoms with Crippen molar-refractivity contribution in [3.05, 3.63) is 0 Å². The van der Waals surface area contributed by atoms with Crippen molar-refractivity contribution in [1.82, 2.24) is 0 Å². The minimum absolute atomic E-state index is 0.812. The van der Waals surface area contributed by atoms with Crippen molar-refractivity contribution in [1.29, 1.82) is 0 Å². The van der Waals surface area contributed by atoms with Crippen molar-refractivity contribution in [3.8, 4) is 0 Å². The van der Waals surface area contributed by atoms with Gasteiger partial charge in [-0.05, 0) is 0 Å². The molecule has 0 bridgehead atoms. The van der Waals surface area contributed by atoms with E-state index in [2.05, 4.69) is 13.8 Å². The molecule has 0 aromatic carbocycles. The van der Waals surface area contributed by atoms with Crippen LogP contribution >= 0.6 is 0 Å². The molecule has 0 amide bonds. The zero-order valence-electron chi connectivity index (χ0n) is 8.62. The van der Waals surface area contributed by atoms with Crippen molar-refractivity contribution >= 4 is 43.9 Å². The molecule has 3 nitrogen and oxygen atoms in total. The molecule has 0 heterocycles. The van der Waals surface area contributed by atoms with Crippen molar-refractivity contribution < 1.29 is 7.56 Å². The third kappa shape index (κ3) is 9.77. The van der Waals surface area contributed by atoms with Crippen LogP contribution in [0.2, 0.25) is 0 Å². The first-order chi connectivity index (χ1) is 6.35. The molecule has 0 unspecified atom stereocenters. The third-order valence-electron chi connectivity index (χ3n) is 1.61. The predicted molar refractivity (Wildman–Crippen MR) is 57.1 cm³/mol. The van der Waals surface area contributed by atoms with E-state index < -0.39 is 21.0 Å². The third-order valence-corrected chi connectivity index (χ3v) is 9.40. The van der Waals surface area contributed by atoms with Crippen LogP contribution < -0.4 is 0 Å². The van der Waals surface area contributed by atoms with Gasteiger partial charge in [-0.2, -0.15) is 0 Å². The van der Waals surface area contributed by atoms with Gasteiger partial charge in [0.05, 0.1) is 0 Å². The zero-order valence-corrected chi connectivity index (χ0v) is 15.2. The van der Waals surface area contributed by atoms with Gasteiger partial charge in [0, 0.05) is 0 Å². The molecule has 0 N–H and O–H groups in total. The van der Waals surface area contributed by atoms with Crippen molar-refractivity contribution in [3.63, 3.8) is 0 Å². The van der Waals surface area contributed by atoms with Crippen molar-refractivity contribution in [2.75, 3.05) is 13.2 Å². The van der Waals surface area contributed by atoms with Gasteiger partial charge in [-0.15, -0.1) is 0 Å². The number of hydrogen-bond acceptors (Lipinski definition) is 3. The molecule has 13 heavy (non-hydrogen) atoms. The monoisotopic (exact) mass is 404 g/mol. The topological polar surface area (TPSA) is 27.7 Å². The Balaban J connectivity index is 3.28. The van der Waals surface area contributed by atoms with E-state index in [1.54, 1.807) is 0 Å². The zero-order chi connectivity index (χ0) is 9.94. The molecule has 0 aromatic rings. The standard InChI is InChI=1S/2C4H9O.O.2Sn.2H/c2*1-2-3-4-5;;;;;/h2*2-4H2,1H3;;;;;/q2*-1;;;+2;;. The Morgan fingerprint density at radius 2 is 1.46 bits per heavy atom. The maximum atomic E-state index is 5.58. The van der Waals surface area contributed by atoms with Gasteiger partial charge < -0.3 is 0 Å². The Hall–Kier alpha value is 1.48. The molecule has 0 aliphatic rings. The van der Waals surface area contributed by atoms with Crippen LogP contribution in [-0.2, 0) is 7.56 Å². The molecule has 0 atom stereocenters. The van der Waals surface area contributed by atoms with Crippen LogP contribution in [0.3, 0.4) is 0 Å². The molecule has 2 radical (unpaired) electrons. The summed E-state index contributed by atoms with van der Waals surface area (Å²) in [5.41, 5.74) is 0. The number of hydrogen-bond donors (Lipinski definition) is 0. The maximum absolute atomic E-state index is 5.58. The Morgan fingerprint density at radius 1 is 1.00 bits per heavy atom. The van der Waals surface area contributed by atoms with E-state index in [4.69, 9.17) is 7.56 Å². The average Bonchev–Trinajstić information content (AvgIpc) is 2.16. The SMILES string of the molecule is CCCC[O][SnH]([O][SnH])[O]CCCC. The van der Waals surface area contributed by atoms with E-state index in [0.717, 1.165) is 49.0 Å². The van der Waals surface area contributed by atoms with Gasteiger partial charge in [0.25, 0.3) is 0 Å². The van der Waals surface area contributed by atoms with E-state index in [1.165, 1.54) is 12.8 Å². The average molecular weight is 402 g/mol. The first kappa shape index (κ1) is 14.5. The first-order valence-electron chi connectivity index (χ1n) is 4.93. The second-order valence-electron chi connectivity index (χ2n) is 2.87. The normalized spacial score (nSPS) is 11.1. The Bertz CT molecular complexity index is 93.4. The molecule has 0 saturated carbocycles. The van der Waals surface area contributed by atoms with Crippen molar-refractivity contribution in [2.24, 2.45) is 0 Å². The molecule has 0 spiro atoms. The summed E-state index contributed by atoms with van der Waals surface area (Å²) in [6, 6.07) is 0. The van der Waals surface area contributed by atoms with Crippen LogP contribution in [0.15, 0.2) is 0 Å². The van der Waals surface area contributed by atoms with Crippen LogP contribution in [0.1, 0.15) is 39.5 Å². The molecule has 5 heteroatoms. The second-order valence-corrected chi connectivity index (χ2v) is 12.4. The molecule has 0 aliphatic heterocycles. The number of rotatable bonds is 9. The van der Waals surface area contributed by atoms with Gasteiger partial charge in [-0.1, -0.05) is 0 Å².